The molecule has 5 heterocycles. The number of nitrogens with one attached hydrogen (secondary N) is 1. The van der Waals surface area contributed by atoms with Crippen molar-refractivity contribution >= 4 is 34.3 Å². The number of hydrogen-bond donors (Lipinski definition) is 4. The second kappa shape index (κ2) is 9.22. The molecule has 1 amide bonds. The lowest BCUT2D eigenvalue weighted by atomic mass is 9.93. The predicted octanol–water partition coefficient (Wildman–Crippen LogP) is 1.95. The molecule has 5 rings (SSSR count). The average Bonchev–Trinajstić information content (AvgIpc) is 3.12. The highest BCUT2D eigenvalue weighted by Gasteiger charge is 2.44. The molecule has 13 heteroatoms. The summed E-state index contributed by atoms with van der Waals surface area (Å²) in [5, 5.41) is 12.2. The van der Waals surface area contributed by atoms with Crippen LogP contribution in [0.15, 0.2) is 35.1 Å². The summed E-state index contributed by atoms with van der Waals surface area (Å²) in [6.07, 6.45) is -0.446. The number of nitrogens with two attached hydrogens (primary N) is 2. The van der Waals surface area contributed by atoms with E-state index in [4.69, 9.17) is 15.9 Å². The number of pyridine rings is 2. The number of rotatable bonds is 5. The normalized spacial score (nSPS) is 21.5. The number of β-amino-alcohol motifs (C(OH)–C–C–N with tert-alkyl or cyclic N) is 1. The van der Waals surface area contributed by atoms with Gasteiger partial charge in [0, 0.05) is 51.2 Å². The topological polar surface area (TPSA) is 147 Å². The van der Waals surface area contributed by atoms with Gasteiger partial charge in [0.1, 0.15) is 11.1 Å². The van der Waals surface area contributed by atoms with Crippen LogP contribution in [0.5, 0.6) is 0 Å². The van der Waals surface area contributed by atoms with E-state index in [2.05, 4.69) is 15.3 Å². The smallest absolute Gasteiger partial charge is 0.393 e. The third-order valence-electron chi connectivity index (χ3n) is 6.52. The number of alkyl halides is 3. The van der Waals surface area contributed by atoms with Gasteiger partial charge in [0.2, 0.25) is 5.88 Å². The Labute approximate surface area is 204 Å². The maximum atomic E-state index is 13.4. The van der Waals surface area contributed by atoms with E-state index >= 15 is 0 Å². The zero-order chi connectivity index (χ0) is 25.6. The Bertz CT molecular complexity index is 1280. The van der Waals surface area contributed by atoms with E-state index in [1.165, 1.54) is 23.4 Å². The molecule has 3 aromatic heterocycles. The molecular weight excluding hydrogens is 479 g/mol. The van der Waals surface area contributed by atoms with Crippen molar-refractivity contribution in [1.82, 2.24) is 14.9 Å². The summed E-state index contributed by atoms with van der Waals surface area (Å²) < 4.78 is 45.9. The lowest BCUT2D eigenvalue weighted by Gasteiger charge is -2.39. The van der Waals surface area contributed by atoms with Gasteiger partial charge in [-0.1, -0.05) is 0 Å². The fourth-order valence-electron chi connectivity index (χ4n) is 4.79. The Morgan fingerprint density at radius 2 is 2.03 bits per heavy atom. The molecule has 0 radical (unpaired) electrons. The number of nitrogen functional groups attached to an aromatic ring is 1. The van der Waals surface area contributed by atoms with Gasteiger partial charge >= 0.3 is 6.18 Å². The molecule has 2 atom stereocenters. The molecule has 0 aliphatic carbocycles. The SMILES string of the molecule is Nc1oc2cc(CN3CC(O)C3)cnc2c1C(=O)Nc1cnccc1N1C[C@H](N)C[C@H](C(F)(F)F)C1. The first-order chi connectivity index (χ1) is 17.1. The number of halogens is 3. The van der Waals surface area contributed by atoms with E-state index in [1.807, 2.05) is 4.90 Å². The summed E-state index contributed by atoms with van der Waals surface area (Å²) in [7, 11) is 0. The van der Waals surface area contributed by atoms with Gasteiger partial charge in [0.15, 0.2) is 5.58 Å². The summed E-state index contributed by atoms with van der Waals surface area (Å²) in [5.74, 6) is -2.33. The van der Waals surface area contributed by atoms with Gasteiger partial charge in [0.25, 0.3) is 5.91 Å². The first kappa shape index (κ1) is 24.3. The summed E-state index contributed by atoms with van der Waals surface area (Å²) in [6, 6.07) is 2.60. The van der Waals surface area contributed by atoms with Crippen LogP contribution in [0.3, 0.4) is 0 Å². The van der Waals surface area contributed by atoms with Gasteiger partial charge in [-0.15, -0.1) is 0 Å². The molecular formula is C23H26F3N7O3. The minimum Gasteiger partial charge on any atom is -0.438 e. The van der Waals surface area contributed by atoms with Crippen molar-refractivity contribution in [2.45, 2.75) is 31.3 Å². The van der Waals surface area contributed by atoms with Gasteiger partial charge in [-0.05, 0) is 24.1 Å². The molecule has 36 heavy (non-hydrogen) atoms. The third kappa shape index (κ3) is 4.81. The summed E-state index contributed by atoms with van der Waals surface area (Å²) in [6.45, 7) is 1.64. The Kier molecular flexibility index (Phi) is 6.22. The van der Waals surface area contributed by atoms with E-state index < -0.39 is 24.0 Å². The van der Waals surface area contributed by atoms with Crippen LogP contribution in [-0.2, 0) is 6.54 Å². The van der Waals surface area contributed by atoms with E-state index in [0.717, 1.165) is 5.56 Å². The number of nitrogens with zero attached hydrogens (tertiary/aromatic N) is 4. The monoisotopic (exact) mass is 505 g/mol. The molecule has 0 saturated carbocycles. The lowest BCUT2D eigenvalue weighted by Crippen LogP contribution is -2.51. The van der Waals surface area contributed by atoms with Crippen molar-refractivity contribution in [2.75, 3.05) is 42.1 Å². The minimum absolute atomic E-state index is 0.0224. The maximum absolute atomic E-state index is 13.4. The van der Waals surface area contributed by atoms with Gasteiger partial charge in [0.05, 0.1) is 29.6 Å². The Morgan fingerprint density at radius 3 is 2.75 bits per heavy atom. The van der Waals surface area contributed by atoms with Gasteiger partial charge in [-0.3, -0.25) is 19.7 Å². The zero-order valence-corrected chi connectivity index (χ0v) is 19.2. The molecule has 2 saturated heterocycles. The molecule has 0 unspecified atom stereocenters. The molecule has 3 aromatic rings. The second-order valence-electron chi connectivity index (χ2n) is 9.37. The van der Waals surface area contributed by atoms with Crippen LogP contribution in [-0.4, -0.2) is 70.4 Å². The molecule has 0 spiro atoms. The van der Waals surface area contributed by atoms with Crippen LogP contribution in [0.25, 0.3) is 11.1 Å². The summed E-state index contributed by atoms with van der Waals surface area (Å²) in [5.41, 5.74) is 14.0. The van der Waals surface area contributed by atoms with E-state index in [1.54, 1.807) is 12.3 Å². The number of anilines is 3. The highest BCUT2D eigenvalue weighted by atomic mass is 19.4. The van der Waals surface area contributed by atoms with Crippen LogP contribution < -0.4 is 21.7 Å². The molecule has 0 bridgehead atoms. The van der Waals surface area contributed by atoms with E-state index in [0.29, 0.717) is 30.9 Å². The molecule has 6 N–H and O–H groups in total. The summed E-state index contributed by atoms with van der Waals surface area (Å²) in [4.78, 5) is 25.1. The highest BCUT2D eigenvalue weighted by Crippen LogP contribution is 2.37. The van der Waals surface area contributed by atoms with Crippen LogP contribution in [0.4, 0.5) is 30.4 Å². The average molecular weight is 506 g/mol. The van der Waals surface area contributed by atoms with Crippen molar-refractivity contribution in [2.24, 2.45) is 11.7 Å². The van der Waals surface area contributed by atoms with Crippen LogP contribution in [0, 0.1) is 5.92 Å². The minimum atomic E-state index is -4.38. The number of amides is 1. The van der Waals surface area contributed by atoms with Crippen LogP contribution in [0.1, 0.15) is 22.3 Å². The largest absolute Gasteiger partial charge is 0.438 e. The highest BCUT2D eigenvalue weighted by molar-refractivity contribution is 6.15. The van der Waals surface area contributed by atoms with Crippen molar-refractivity contribution < 1.29 is 27.5 Å². The molecule has 2 fully saturated rings. The van der Waals surface area contributed by atoms with Crippen molar-refractivity contribution in [3.8, 4) is 0 Å². The summed E-state index contributed by atoms with van der Waals surface area (Å²) >= 11 is 0. The molecule has 2 aliphatic heterocycles. The second-order valence-corrected chi connectivity index (χ2v) is 9.37. The molecule has 10 nitrogen and oxygen atoms in total. The zero-order valence-electron chi connectivity index (χ0n) is 19.2. The first-order valence-electron chi connectivity index (χ1n) is 11.5. The number of aliphatic hydroxyl groups excluding tert-OH is 1. The number of hydrogen-bond acceptors (Lipinski definition) is 9. The number of likely N-dealkylation sites (tertiary alicyclic amines) is 1. The number of piperidine rings is 1. The number of carbonyl (C=O) groups excluding carboxylic acids is 1. The van der Waals surface area contributed by atoms with Gasteiger partial charge in [-0.25, -0.2) is 0 Å². The Hall–Kier alpha value is -3.42. The first-order valence-corrected chi connectivity index (χ1v) is 11.5. The number of aliphatic hydroxyl groups is 1. The van der Waals surface area contributed by atoms with Crippen molar-refractivity contribution in [3.63, 3.8) is 0 Å². The fourth-order valence-corrected chi connectivity index (χ4v) is 4.79. The Balaban J connectivity index is 1.38. The number of aromatic nitrogens is 2. The number of furan rings is 1. The van der Waals surface area contributed by atoms with Crippen molar-refractivity contribution in [1.29, 1.82) is 0 Å². The fraction of sp³-hybridized carbons (Fsp3) is 0.435. The molecule has 2 aliphatic rings. The predicted molar refractivity (Wildman–Crippen MR) is 126 cm³/mol. The van der Waals surface area contributed by atoms with Crippen LogP contribution in [0.2, 0.25) is 0 Å². The maximum Gasteiger partial charge on any atom is 0.393 e. The quantitative estimate of drug-likeness (QED) is 0.409. The van der Waals surface area contributed by atoms with Crippen molar-refractivity contribution in [3.05, 3.63) is 41.9 Å². The standard InChI is InChI=1S/C23H26F3N7O3/c24-23(25,26)13-4-14(27)9-33(8-13)17-1-2-29-6-16(17)31-22(35)19-20-18(36-21(19)28)3-12(5-30-20)7-32-10-15(34)11-32/h1-3,5-6,13-15,34H,4,7-11,27-28H2,(H,31,35)/t13-,14+/m0/s1. The van der Waals surface area contributed by atoms with Gasteiger partial charge in [-0.2, -0.15) is 13.2 Å². The molecule has 0 aromatic carbocycles. The van der Waals surface area contributed by atoms with E-state index in [9.17, 15) is 23.1 Å². The lowest BCUT2D eigenvalue weighted by molar-refractivity contribution is -0.177. The Morgan fingerprint density at radius 1 is 1.25 bits per heavy atom. The third-order valence-corrected chi connectivity index (χ3v) is 6.52. The van der Waals surface area contributed by atoms with Gasteiger partial charge < -0.3 is 31.2 Å². The number of carbonyl (C=O) groups is 1. The number of fused-ring (bicyclic) bond motifs is 1. The molecule has 192 valence electrons. The van der Waals surface area contributed by atoms with E-state index in [-0.39, 0.29) is 48.3 Å². The van der Waals surface area contributed by atoms with Crippen LogP contribution >= 0.6 is 0 Å².